The number of nitro benzene ring substituents is 1. The number of halogens is 1. The number of aromatic nitrogens is 1. The van der Waals surface area contributed by atoms with Gasteiger partial charge in [-0.25, -0.2) is 4.98 Å². The maximum absolute atomic E-state index is 12.5. The van der Waals surface area contributed by atoms with E-state index in [0.29, 0.717) is 5.69 Å². The number of hydrogen-bond donors (Lipinski definition) is 2. The number of fused-ring (bicyclic) bond motifs is 1. The minimum atomic E-state index is -0.656. The molecule has 3 aromatic carbocycles. The molecule has 0 aliphatic heterocycles. The Morgan fingerprint density at radius 3 is 2.61 bits per heavy atom. The highest BCUT2D eigenvalue weighted by atomic mass is 127. The van der Waals surface area contributed by atoms with Crippen LogP contribution in [0, 0.1) is 13.7 Å². The maximum Gasteiger partial charge on any atom is 0.282 e. The zero-order valence-electron chi connectivity index (χ0n) is 15.7. The van der Waals surface area contributed by atoms with Gasteiger partial charge in [0.05, 0.1) is 20.8 Å². The number of thiocarbonyl (C=S) groups is 1. The van der Waals surface area contributed by atoms with Crippen LogP contribution in [-0.4, -0.2) is 20.9 Å². The van der Waals surface area contributed by atoms with Gasteiger partial charge in [-0.1, -0.05) is 24.3 Å². The molecule has 0 spiro atoms. The molecular weight excluding hydrogens is 547 g/mol. The van der Waals surface area contributed by atoms with E-state index in [1.165, 1.54) is 18.2 Å². The molecule has 31 heavy (non-hydrogen) atoms. The third-order valence-corrected chi connectivity index (χ3v) is 6.27. The first-order valence-electron chi connectivity index (χ1n) is 8.93. The van der Waals surface area contributed by atoms with Crippen molar-refractivity contribution in [3.8, 4) is 10.6 Å². The fourth-order valence-corrected chi connectivity index (χ4v) is 4.63. The highest BCUT2D eigenvalue weighted by Crippen LogP contribution is 2.35. The van der Waals surface area contributed by atoms with E-state index < -0.39 is 10.8 Å². The molecule has 0 radical (unpaired) electrons. The summed E-state index contributed by atoms with van der Waals surface area (Å²) >= 11 is 9.07. The third kappa shape index (κ3) is 4.70. The second-order valence-electron chi connectivity index (χ2n) is 6.36. The van der Waals surface area contributed by atoms with Gasteiger partial charge in [0, 0.05) is 15.2 Å². The number of para-hydroxylation sites is 2. The van der Waals surface area contributed by atoms with Crippen molar-refractivity contribution in [1.29, 1.82) is 0 Å². The minimum Gasteiger partial charge on any atom is -0.332 e. The molecule has 154 valence electrons. The number of rotatable bonds is 4. The zero-order chi connectivity index (χ0) is 22.0. The molecule has 0 aliphatic rings. The number of nitrogens with zero attached hydrogens (tertiary/aromatic N) is 2. The van der Waals surface area contributed by atoms with Crippen molar-refractivity contribution in [3.63, 3.8) is 0 Å². The summed E-state index contributed by atoms with van der Waals surface area (Å²) in [5.74, 6) is -0.656. The smallest absolute Gasteiger partial charge is 0.282 e. The largest absolute Gasteiger partial charge is 0.332 e. The molecule has 2 N–H and O–H groups in total. The second-order valence-corrected chi connectivity index (χ2v) is 9.04. The van der Waals surface area contributed by atoms with Crippen molar-refractivity contribution in [2.24, 2.45) is 0 Å². The lowest BCUT2D eigenvalue weighted by atomic mass is 10.1. The molecular formula is C21H13IN4O3S2. The van der Waals surface area contributed by atoms with Gasteiger partial charge in [0.1, 0.15) is 10.6 Å². The standard InChI is InChI=1S/C21H13IN4O3S2/c22-12-9-10-15(14(11-12)20-23-16-6-2-4-8-18(16)31-20)24-21(30)25-19(27)13-5-1-3-7-17(13)26(28)29/h1-11H,(H2,24,25,27,30). The van der Waals surface area contributed by atoms with E-state index in [1.54, 1.807) is 17.4 Å². The van der Waals surface area contributed by atoms with Gasteiger partial charge in [-0.2, -0.15) is 0 Å². The fraction of sp³-hybridized carbons (Fsp3) is 0. The van der Waals surface area contributed by atoms with E-state index in [1.807, 2.05) is 42.5 Å². The Balaban J connectivity index is 1.59. The van der Waals surface area contributed by atoms with Gasteiger partial charge < -0.3 is 5.32 Å². The number of anilines is 1. The summed E-state index contributed by atoms with van der Waals surface area (Å²) in [6, 6.07) is 19.3. The van der Waals surface area contributed by atoms with Crippen molar-refractivity contribution in [3.05, 3.63) is 86.0 Å². The molecule has 7 nitrogen and oxygen atoms in total. The van der Waals surface area contributed by atoms with Gasteiger partial charge >= 0.3 is 0 Å². The number of carbonyl (C=O) groups excluding carboxylic acids is 1. The molecule has 0 aliphatic carbocycles. The van der Waals surface area contributed by atoms with Crippen LogP contribution in [0.4, 0.5) is 11.4 Å². The number of carbonyl (C=O) groups is 1. The van der Waals surface area contributed by atoms with Gasteiger partial charge in [-0.05, 0) is 71.2 Å². The summed E-state index contributed by atoms with van der Waals surface area (Å²) in [6.07, 6.45) is 0. The number of thiazole rings is 1. The van der Waals surface area contributed by atoms with E-state index in [2.05, 4.69) is 33.2 Å². The van der Waals surface area contributed by atoms with Crippen molar-refractivity contribution in [2.45, 2.75) is 0 Å². The predicted octanol–water partition coefficient (Wildman–Crippen LogP) is 5.60. The second kappa shape index (κ2) is 9.04. The monoisotopic (exact) mass is 560 g/mol. The lowest BCUT2D eigenvalue weighted by Gasteiger charge is -2.13. The van der Waals surface area contributed by atoms with Crippen LogP contribution in [0.5, 0.6) is 0 Å². The third-order valence-electron chi connectivity index (χ3n) is 4.33. The van der Waals surface area contributed by atoms with E-state index in [-0.39, 0.29) is 16.4 Å². The SMILES string of the molecule is O=C(NC(=S)Nc1ccc(I)cc1-c1nc2ccccc2s1)c1ccccc1[N+](=O)[O-]. The Hall–Kier alpha value is -2.96. The minimum absolute atomic E-state index is 0.0340. The number of amides is 1. The summed E-state index contributed by atoms with van der Waals surface area (Å²) in [5, 5.41) is 17.6. The van der Waals surface area contributed by atoms with Crippen molar-refractivity contribution >= 4 is 78.8 Å². The topological polar surface area (TPSA) is 97.2 Å². The summed E-state index contributed by atoms with van der Waals surface area (Å²) in [4.78, 5) is 27.8. The molecule has 4 aromatic rings. The van der Waals surface area contributed by atoms with Gasteiger partial charge in [-0.3, -0.25) is 20.2 Å². The first kappa shape index (κ1) is 21.3. The fourth-order valence-electron chi connectivity index (χ4n) is 2.94. The van der Waals surface area contributed by atoms with E-state index >= 15 is 0 Å². The average Bonchev–Trinajstić information content (AvgIpc) is 3.19. The summed E-state index contributed by atoms with van der Waals surface area (Å²) in [5.41, 5.74) is 2.07. The van der Waals surface area contributed by atoms with Gasteiger partial charge in [0.2, 0.25) is 0 Å². The molecule has 1 amide bonds. The highest BCUT2D eigenvalue weighted by molar-refractivity contribution is 14.1. The highest BCUT2D eigenvalue weighted by Gasteiger charge is 2.20. The van der Waals surface area contributed by atoms with E-state index in [9.17, 15) is 14.9 Å². The van der Waals surface area contributed by atoms with Gasteiger partial charge in [0.15, 0.2) is 5.11 Å². The van der Waals surface area contributed by atoms with Gasteiger partial charge in [0.25, 0.3) is 11.6 Å². The Labute approximate surface area is 199 Å². The Morgan fingerprint density at radius 2 is 1.84 bits per heavy atom. The van der Waals surface area contributed by atoms with Crippen molar-refractivity contribution in [1.82, 2.24) is 10.3 Å². The van der Waals surface area contributed by atoms with Crippen LogP contribution in [0.3, 0.4) is 0 Å². The molecule has 10 heteroatoms. The lowest BCUT2D eigenvalue weighted by Crippen LogP contribution is -2.34. The van der Waals surface area contributed by atoms with Crippen molar-refractivity contribution < 1.29 is 9.72 Å². The first-order chi connectivity index (χ1) is 14.9. The number of nitrogens with one attached hydrogen (secondary N) is 2. The molecule has 0 atom stereocenters. The number of nitro groups is 1. The number of hydrogen-bond acceptors (Lipinski definition) is 6. The van der Waals surface area contributed by atoms with Crippen LogP contribution < -0.4 is 10.6 Å². The van der Waals surface area contributed by atoms with Crippen LogP contribution in [0.25, 0.3) is 20.8 Å². The van der Waals surface area contributed by atoms with E-state index in [4.69, 9.17) is 17.2 Å². The summed E-state index contributed by atoms with van der Waals surface area (Å²) in [7, 11) is 0. The van der Waals surface area contributed by atoms with Crippen LogP contribution >= 0.6 is 46.1 Å². The quantitative estimate of drug-likeness (QED) is 0.146. The van der Waals surface area contributed by atoms with Crippen LogP contribution in [-0.2, 0) is 0 Å². The van der Waals surface area contributed by atoms with E-state index in [0.717, 1.165) is 24.4 Å². The Morgan fingerprint density at radius 1 is 1.10 bits per heavy atom. The summed E-state index contributed by atoms with van der Waals surface area (Å²) in [6.45, 7) is 0. The molecule has 0 saturated carbocycles. The van der Waals surface area contributed by atoms with Crippen LogP contribution in [0.15, 0.2) is 66.7 Å². The molecule has 0 bridgehead atoms. The first-order valence-corrected chi connectivity index (χ1v) is 11.2. The molecule has 4 rings (SSSR count). The molecule has 0 fully saturated rings. The Bertz CT molecular complexity index is 1310. The number of benzene rings is 3. The Kier molecular flexibility index (Phi) is 6.20. The predicted molar refractivity (Wildman–Crippen MR) is 135 cm³/mol. The van der Waals surface area contributed by atoms with Crippen LogP contribution in [0.2, 0.25) is 0 Å². The molecule has 1 aromatic heterocycles. The zero-order valence-corrected chi connectivity index (χ0v) is 19.5. The molecule has 0 saturated heterocycles. The maximum atomic E-state index is 12.5. The van der Waals surface area contributed by atoms with Gasteiger partial charge in [-0.15, -0.1) is 11.3 Å². The normalized spacial score (nSPS) is 10.6. The average molecular weight is 560 g/mol. The van der Waals surface area contributed by atoms with Crippen LogP contribution in [0.1, 0.15) is 10.4 Å². The lowest BCUT2D eigenvalue weighted by molar-refractivity contribution is -0.385. The van der Waals surface area contributed by atoms with Crippen molar-refractivity contribution in [2.75, 3.05) is 5.32 Å². The molecule has 1 heterocycles. The summed E-state index contributed by atoms with van der Waals surface area (Å²) < 4.78 is 2.09. The molecule has 0 unspecified atom stereocenters.